The number of pyridine rings is 1. The number of likely N-dealkylation sites (tertiary alicyclic amines) is 1. The molecule has 1 amide bonds. The largest absolute Gasteiger partial charge is 0.339 e. The first-order valence-electron chi connectivity index (χ1n) is 14.5. The monoisotopic (exact) mass is 557 g/mol. The fraction of sp³-hybridized carbons (Fsp3) is 0.229. The highest BCUT2D eigenvalue weighted by molar-refractivity contribution is 5.87. The molecule has 2 aromatic heterocycles. The Hall–Kier alpha value is -4.62. The first-order valence-corrected chi connectivity index (χ1v) is 14.5. The zero-order valence-corrected chi connectivity index (χ0v) is 23.3. The van der Waals surface area contributed by atoms with E-state index in [2.05, 4.69) is 58.9 Å². The maximum absolute atomic E-state index is 15.5. The van der Waals surface area contributed by atoms with Crippen molar-refractivity contribution in [3.63, 3.8) is 0 Å². The maximum Gasteiger partial charge on any atom is 0.245 e. The molecule has 0 saturated carbocycles. The zero-order chi connectivity index (χ0) is 28.6. The fourth-order valence-electron chi connectivity index (χ4n) is 6.33. The van der Waals surface area contributed by atoms with Crippen LogP contribution in [-0.2, 0) is 11.2 Å². The summed E-state index contributed by atoms with van der Waals surface area (Å²) in [5.41, 5.74) is 7.38. The molecule has 1 saturated heterocycles. The van der Waals surface area contributed by atoms with Gasteiger partial charge in [0.2, 0.25) is 5.91 Å². The van der Waals surface area contributed by atoms with Crippen molar-refractivity contribution in [1.29, 1.82) is 0 Å². The standard InChI is InChI=1S/C35H32FN5O/c1-2-32(42)40-19-17-26(18-20-40)37-33-28-14-13-27(21-25(28)22-29(33)36)41-34(24-11-7-4-8-12-24)39-31-16-15-30(38-35(31)41)23-9-5-3-6-10-23/h2-16,21,26,29,33,37H,1,17-20,22H2. The molecule has 5 aromatic rings. The summed E-state index contributed by atoms with van der Waals surface area (Å²) in [7, 11) is 0. The lowest BCUT2D eigenvalue weighted by Gasteiger charge is -2.34. The van der Waals surface area contributed by atoms with Crippen LogP contribution in [0.15, 0.2) is 104 Å². The molecule has 1 aliphatic heterocycles. The Kier molecular flexibility index (Phi) is 6.88. The number of nitrogens with one attached hydrogen (secondary N) is 1. The van der Waals surface area contributed by atoms with Crippen molar-refractivity contribution < 1.29 is 9.18 Å². The van der Waals surface area contributed by atoms with Gasteiger partial charge in [-0.05, 0) is 54.3 Å². The summed E-state index contributed by atoms with van der Waals surface area (Å²) in [4.78, 5) is 23.8. The topological polar surface area (TPSA) is 63.1 Å². The molecule has 7 heteroatoms. The first kappa shape index (κ1) is 26.3. The van der Waals surface area contributed by atoms with Crippen LogP contribution in [0.25, 0.3) is 39.5 Å². The van der Waals surface area contributed by atoms with E-state index in [9.17, 15) is 4.79 Å². The number of hydrogen-bond donors (Lipinski definition) is 1. The lowest BCUT2D eigenvalue weighted by Crippen LogP contribution is -2.46. The third-order valence-corrected chi connectivity index (χ3v) is 8.50. The number of alkyl halides is 1. The van der Waals surface area contributed by atoms with Gasteiger partial charge in [-0.1, -0.05) is 73.3 Å². The van der Waals surface area contributed by atoms with E-state index in [1.54, 1.807) is 0 Å². The molecule has 2 unspecified atom stereocenters. The molecule has 7 rings (SSSR count). The van der Waals surface area contributed by atoms with E-state index in [-0.39, 0.29) is 18.0 Å². The Labute approximate surface area is 244 Å². The van der Waals surface area contributed by atoms with Crippen LogP contribution >= 0.6 is 0 Å². The van der Waals surface area contributed by atoms with E-state index in [4.69, 9.17) is 9.97 Å². The highest BCUT2D eigenvalue weighted by Gasteiger charge is 2.35. The van der Waals surface area contributed by atoms with Crippen LogP contribution in [0.5, 0.6) is 0 Å². The summed E-state index contributed by atoms with van der Waals surface area (Å²) >= 11 is 0. The Balaban J connectivity index is 1.24. The Bertz CT molecular complexity index is 1760. The third kappa shape index (κ3) is 4.80. The van der Waals surface area contributed by atoms with E-state index >= 15 is 4.39 Å². The number of carbonyl (C=O) groups is 1. The van der Waals surface area contributed by atoms with E-state index in [0.29, 0.717) is 19.5 Å². The van der Waals surface area contributed by atoms with E-state index in [1.807, 2.05) is 53.4 Å². The number of fused-ring (bicyclic) bond motifs is 2. The van der Waals surface area contributed by atoms with Crippen molar-refractivity contribution in [2.45, 2.75) is 37.5 Å². The molecule has 1 aliphatic carbocycles. The molecular weight excluding hydrogens is 525 g/mol. The second kappa shape index (κ2) is 11.0. The van der Waals surface area contributed by atoms with Gasteiger partial charge in [0.1, 0.15) is 17.5 Å². The number of aromatic nitrogens is 3. The van der Waals surface area contributed by atoms with Gasteiger partial charge < -0.3 is 10.2 Å². The smallest absolute Gasteiger partial charge is 0.245 e. The molecule has 2 atom stereocenters. The van der Waals surface area contributed by atoms with Gasteiger partial charge in [-0.15, -0.1) is 0 Å². The van der Waals surface area contributed by atoms with E-state index in [1.165, 1.54) is 6.08 Å². The molecule has 3 aromatic carbocycles. The number of rotatable bonds is 6. The summed E-state index contributed by atoms with van der Waals surface area (Å²) in [6.45, 7) is 4.91. The lowest BCUT2D eigenvalue weighted by molar-refractivity contribution is -0.127. The second-order valence-corrected chi connectivity index (χ2v) is 11.1. The SMILES string of the molecule is C=CC(=O)N1CCC(NC2c3ccc(-n4c(-c5ccccc5)nc5ccc(-c6ccccc6)nc54)cc3CC2F)CC1. The first-order chi connectivity index (χ1) is 20.6. The minimum absolute atomic E-state index is 0.0390. The highest BCUT2D eigenvalue weighted by Crippen LogP contribution is 2.37. The summed E-state index contributed by atoms with van der Waals surface area (Å²) in [5.74, 6) is 0.761. The number of piperidine rings is 1. The highest BCUT2D eigenvalue weighted by atomic mass is 19.1. The molecule has 6 nitrogen and oxygen atoms in total. The van der Waals surface area contributed by atoms with Gasteiger partial charge >= 0.3 is 0 Å². The van der Waals surface area contributed by atoms with Crippen LogP contribution in [0.1, 0.15) is 30.0 Å². The van der Waals surface area contributed by atoms with Crippen molar-refractivity contribution >= 4 is 17.1 Å². The fourth-order valence-corrected chi connectivity index (χ4v) is 6.33. The molecule has 1 N–H and O–H groups in total. The molecule has 0 spiro atoms. The number of hydrogen-bond acceptors (Lipinski definition) is 4. The number of carbonyl (C=O) groups excluding carboxylic acids is 1. The van der Waals surface area contributed by atoms with Gasteiger partial charge in [0.15, 0.2) is 5.65 Å². The average Bonchev–Trinajstić information content (AvgIpc) is 3.58. The molecule has 0 radical (unpaired) electrons. The Morgan fingerprint density at radius 3 is 2.33 bits per heavy atom. The minimum Gasteiger partial charge on any atom is -0.339 e. The zero-order valence-electron chi connectivity index (χ0n) is 23.3. The molecule has 1 fully saturated rings. The summed E-state index contributed by atoms with van der Waals surface area (Å²) in [6, 6.07) is 30.3. The van der Waals surface area contributed by atoms with Gasteiger partial charge in [0.25, 0.3) is 0 Å². The molecule has 210 valence electrons. The van der Waals surface area contributed by atoms with Gasteiger partial charge in [-0.25, -0.2) is 14.4 Å². The van der Waals surface area contributed by atoms with Gasteiger partial charge in [-0.3, -0.25) is 9.36 Å². The summed E-state index contributed by atoms with van der Waals surface area (Å²) in [5, 5.41) is 3.58. The predicted octanol–water partition coefficient (Wildman–Crippen LogP) is 6.46. The number of halogens is 1. The van der Waals surface area contributed by atoms with Gasteiger partial charge in [0.05, 0.1) is 11.7 Å². The van der Waals surface area contributed by atoms with Crippen molar-refractivity contribution in [3.05, 3.63) is 115 Å². The molecule has 42 heavy (non-hydrogen) atoms. The quantitative estimate of drug-likeness (QED) is 0.244. The van der Waals surface area contributed by atoms with Crippen molar-refractivity contribution in [2.24, 2.45) is 0 Å². The van der Waals surface area contributed by atoms with Crippen LogP contribution in [0.2, 0.25) is 0 Å². The lowest BCUT2D eigenvalue weighted by atomic mass is 10.0. The van der Waals surface area contributed by atoms with E-state index in [0.717, 1.165) is 63.5 Å². The minimum atomic E-state index is -1.01. The van der Waals surface area contributed by atoms with Crippen LogP contribution in [0, 0.1) is 0 Å². The normalized spacial score (nSPS) is 18.7. The van der Waals surface area contributed by atoms with Gasteiger partial charge in [-0.2, -0.15) is 0 Å². The molecule has 2 aliphatic rings. The van der Waals surface area contributed by atoms with Crippen molar-refractivity contribution in [3.8, 4) is 28.3 Å². The molecule has 3 heterocycles. The molecular formula is C35H32FN5O. The van der Waals surface area contributed by atoms with Crippen molar-refractivity contribution in [2.75, 3.05) is 13.1 Å². The van der Waals surface area contributed by atoms with Crippen molar-refractivity contribution in [1.82, 2.24) is 24.8 Å². The van der Waals surface area contributed by atoms with Crippen LogP contribution in [0.3, 0.4) is 0 Å². The van der Waals surface area contributed by atoms with E-state index < -0.39 is 6.17 Å². The van der Waals surface area contributed by atoms with Crippen LogP contribution in [-0.4, -0.2) is 50.6 Å². The number of amides is 1. The summed E-state index contributed by atoms with van der Waals surface area (Å²) in [6.07, 6.45) is 2.30. The van der Waals surface area contributed by atoms with Crippen LogP contribution < -0.4 is 5.32 Å². The number of benzene rings is 3. The number of nitrogens with zero attached hydrogens (tertiary/aromatic N) is 4. The maximum atomic E-state index is 15.5. The molecule has 0 bridgehead atoms. The predicted molar refractivity (Wildman–Crippen MR) is 164 cm³/mol. The van der Waals surface area contributed by atoms with Gasteiger partial charge in [0, 0.05) is 42.4 Å². The second-order valence-electron chi connectivity index (χ2n) is 11.1. The third-order valence-electron chi connectivity index (χ3n) is 8.50. The Morgan fingerprint density at radius 2 is 1.62 bits per heavy atom. The number of imidazole rings is 1. The Morgan fingerprint density at radius 1 is 0.905 bits per heavy atom. The average molecular weight is 558 g/mol. The van der Waals surface area contributed by atoms with Crippen LogP contribution in [0.4, 0.5) is 4.39 Å². The summed E-state index contributed by atoms with van der Waals surface area (Å²) < 4.78 is 17.6.